The fourth-order valence-corrected chi connectivity index (χ4v) is 1.30. The highest BCUT2D eigenvalue weighted by Crippen LogP contribution is 2.37. The quantitative estimate of drug-likeness (QED) is 0.633. The number of nitro groups is 1. The molecule has 4 nitrogen and oxygen atoms in total. The fourth-order valence-electron chi connectivity index (χ4n) is 0.867. The third kappa shape index (κ3) is 2.58. The Morgan fingerprint density at radius 1 is 1.47 bits per heavy atom. The molecule has 1 aromatic rings. The number of ether oxygens (including phenoxy) is 1. The Labute approximate surface area is 89.9 Å². The van der Waals surface area contributed by atoms with Crippen molar-refractivity contribution in [1.29, 1.82) is 0 Å². The van der Waals surface area contributed by atoms with Gasteiger partial charge in [-0.05, 0) is 22.0 Å². The molecule has 15 heavy (non-hydrogen) atoms. The maximum atomic E-state index is 12.9. The Kier molecular flexibility index (Phi) is 3.51. The van der Waals surface area contributed by atoms with Gasteiger partial charge in [0, 0.05) is 6.07 Å². The van der Waals surface area contributed by atoms with Crippen LogP contribution in [0.1, 0.15) is 0 Å². The van der Waals surface area contributed by atoms with E-state index in [2.05, 4.69) is 20.7 Å². The minimum absolute atomic E-state index is 0.503. The molecule has 0 amide bonds. The summed E-state index contributed by atoms with van der Waals surface area (Å²) in [7, 11) is 0. The van der Waals surface area contributed by atoms with Crippen molar-refractivity contribution in [1.82, 2.24) is 0 Å². The maximum Gasteiger partial charge on any atom is 0.387 e. The highest BCUT2D eigenvalue weighted by atomic mass is 79.9. The van der Waals surface area contributed by atoms with E-state index in [0.29, 0.717) is 0 Å². The molecule has 1 rings (SSSR count). The van der Waals surface area contributed by atoms with Crippen molar-refractivity contribution in [2.24, 2.45) is 0 Å². The summed E-state index contributed by atoms with van der Waals surface area (Å²) in [6.07, 6.45) is 0. The molecule has 0 N–H and O–H groups in total. The van der Waals surface area contributed by atoms with E-state index in [1.807, 2.05) is 0 Å². The molecule has 0 saturated carbocycles. The smallest absolute Gasteiger partial charge is 0.387 e. The second-order valence-electron chi connectivity index (χ2n) is 2.35. The van der Waals surface area contributed by atoms with Crippen LogP contribution in [0.25, 0.3) is 0 Å². The van der Waals surface area contributed by atoms with E-state index in [9.17, 15) is 23.3 Å². The van der Waals surface area contributed by atoms with Gasteiger partial charge in [-0.2, -0.15) is 8.78 Å². The third-order valence-corrected chi connectivity index (χ3v) is 2.17. The molecule has 0 saturated heterocycles. The van der Waals surface area contributed by atoms with Crippen molar-refractivity contribution < 1.29 is 22.8 Å². The number of nitro benzene ring substituents is 1. The molecular weight excluding hydrogens is 283 g/mol. The van der Waals surface area contributed by atoms with Crippen LogP contribution in [0.15, 0.2) is 16.6 Å². The van der Waals surface area contributed by atoms with Gasteiger partial charge in [0.15, 0.2) is 0 Å². The first-order valence-corrected chi connectivity index (χ1v) is 4.30. The first-order valence-electron chi connectivity index (χ1n) is 3.50. The minimum Gasteiger partial charge on any atom is -0.426 e. The lowest BCUT2D eigenvalue weighted by molar-refractivity contribution is -0.386. The van der Waals surface area contributed by atoms with Gasteiger partial charge in [0.2, 0.25) is 5.75 Å². The van der Waals surface area contributed by atoms with Crippen LogP contribution in [0.4, 0.5) is 18.9 Å². The van der Waals surface area contributed by atoms with Crippen LogP contribution in [0.3, 0.4) is 0 Å². The zero-order valence-corrected chi connectivity index (χ0v) is 8.50. The van der Waals surface area contributed by atoms with Gasteiger partial charge in [-0.1, -0.05) is 0 Å². The normalized spacial score (nSPS) is 10.5. The summed E-state index contributed by atoms with van der Waals surface area (Å²) in [5.74, 6) is -1.74. The molecule has 1 aromatic carbocycles. The van der Waals surface area contributed by atoms with Gasteiger partial charge in [-0.25, -0.2) is 4.39 Å². The van der Waals surface area contributed by atoms with Crippen LogP contribution in [-0.2, 0) is 0 Å². The average Bonchev–Trinajstić information content (AvgIpc) is 2.12. The van der Waals surface area contributed by atoms with Gasteiger partial charge in [-0.15, -0.1) is 0 Å². The summed E-state index contributed by atoms with van der Waals surface area (Å²) >= 11 is 2.59. The van der Waals surface area contributed by atoms with Gasteiger partial charge in [0.25, 0.3) is 0 Å². The van der Waals surface area contributed by atoms with E-state index < -0.39 is 33.3 Å². The number of alkyl halides is 2. The summed E-state index contributed by atoms with van der Waals surface area (Å²) in [6.45, 7) is -3.26. The predicted octanol–water partition coefficient (Wildman–Crippen LogP) is 3.10. The Morgan fingerprint density at radius 3 is 2.53 bits per heavy atom. The van der Waals surface area contributed by atoms with Crippen LogP contribution in [0, 0.1) is 15.9 Å². The number of nitrogens with zero attached hydrogens (tertiary/aromatic N) is 1. The van der Waals surface area contributed by atoms with Crippen LogP contribution >= 0.6 is 15.9 Å². The second-order valence-corrected chi connectivity index (χ2v) is 3.14. The number of halogens is 4. The molecular formula is C7H3BrF3NO3. The molecule has 0 aliphatic rings. The largest absolute Gasteiger partial charge is 0.426 e. The SMILES string of the molecule is O=[N+]([O-])c1ccc(F)c(Br)c1OC(F)F. The zero-order valence-electron chi connectivity index (χ0n) is 6.92. The van der Waals surface area contributed by atoms with Gasteiger partial charge in [0.05, 0.1) is 4.92 Å². The minimum atomic E-state index is -3.26. The van der Waals surface area contributed by atoms with E-state index in [1.54, 1.807) is 0 Å². The molecule has 0 atom stereocenters. The molecule has 0 aliphatic carbocycles. The molecule has 0 spiro atoms. The van der Waals surface area contributed by atoms with Crippen molar-refractivity contribution in [3.8, 4) is 5.75 Å². The summed E-state index contributed by atoms with van der Waals surface area (Å²) in [4.78, 5) is 9.46. The molecule has 0 bridgehead atoms. The lowest BCUT2D eigenvalue weighted by Gasteiger charge is -2.07. The van der Waals surface area contributed by atoms with E-state index in [1.165, 1.54) is 0 Å². The number of benzene rings is 1. The van der Waals surface area contributed by atoms with Crippen LogP contribution < -0.4 is 4.74 Å². The summed E-state index contributed by atoms with van der Waals surface area (Å²) < 4.78 is 40.0. The fraction of sp³-hybridized carbons (Fsp3) is 0.143. The van der Waals surface area contributed by atoms with E-state index in [0.717, 1.165) is 12.1 Å². The second kappa shape index (κ2) is 4.47. The summed E-state index contributed by atoms with van der Waals surface area (Å²) in [5.41, 5.74) is -0.733. The van der Waals surface area contributed by atoms with Gasteiger partial charge >= 0.3 is 12.3 Å². The molecule has 82 valence electrons. The average molecular weight is 286 g/mol. The molecule has 0 fully saturated rings. The Balaban J connectivity index is 3.28. The Hall–Kier alpha value is -1.31. The van der Waals surface area contributed by atoms with Gasteiger partial charge in [-0.3, -0.25) is 10.1 Å². The Morgan fingerprint density at radius 2 is 2.07 bits per heavy atom. The third-order valence-electron chi connectivity index (χ3n) is 1.43. The Bertz CT molecular complexity index is 399. The van der Waals surface area contributed by atoms with Crippen LogP contribution in [0.5, 0.6) is 5.75 Å². The topological polar surface area (TPSA) is 52.4 Å². The lowest BCUT2D eigenvalue weighted by Crippen LogP contribution is -2.05. The molecule has 0 heterocycles. The first kappa shape index (κ1) is 11.8. The highest BCUT2D eigenvalue weighted by Gasteiger charge is 2.23. The molecule has 8 heteroatoms. The monoisotopic (exact) mass is 285 g/mol. The molecule has 0 aliphatic heterocycles. The molecule has 0 aromatic heterocycles. The number of rotatable bonds is 3. The van der Waals surface area contributed by atoms with Crippen molar-refractivity contribution >= 4 is 21.6 Å². The van der Waals surface area contributed by atoms with E-state index in [4.69, 9.17) is 0 Å². The van der Waals surface area contributed by atoms with E-state index in [-0.39, 0.29) is 0 Å². The first-order chi connectivity index (χ1) is 6.93. The summed E-state index contributed by atoms with van der Waals surface area (Å²) in [5, 5.41) is 10.4. The number of hydrogen-bond donors (Lipinski definition) is 0. The van der Waals surface area contributed by atoms with Crippen LogP contribution in [0.2, 0.25) is 0 Å². The predicted molar refractivity (Wildman–Crippen MR) is 47.4 cm³/mol. The van der Waals surface area contributed by atoms with Crippen molar-refractivity contribution in [2.75, 3.05) is 0 Å². The highest BCUT2D eigenvalue weighted by molar-refractivity contribution is 9.10. The number of hydrogen-bond acceptors (Lipinski definition) is 3. The standard InChI is InChI=1S/C7H3BrF3NO3/c8-5-3(9)1-2-4(12(13)14)6(5)15-7(10)11/h1-2,7H. The van der Waals surface area contributed by atoms with E-state index >= 15 is 0 Å². The van der Waals surface area contributed by atoms with Gasteiger partial charge < -0.3 is 4.74 Å². The molecule has 0 radical (unpaired) electrons. The van der Waals surface area contributed by atoms with Crippen molar-refractivity contribution in [3.05, 3.63) is 32.5 Å². The summed E-state index contributed by atoms with van der Waals surface area (Å²) in [6, 6.07) is 1.53. The van der Waals surface area contributed by atoms with Gasteiger partial charge in [0.1, 0.15) is 10.3 Å². The zero-order chi connectivity index (χ0) is 11.6. The lowest BCUT2D eigenvalue weighted by atomic mass is 10.3. The van der Waals surface area contributed by atoms with Crippen LogP contribution in [-0.4, -0.2) is 11.5 Å². The van der Waals surface area contributed by atoms with Crippen molar-refractivity contribution in [2.45, 2.75) is 6.61 Å². The molecule has 0 unspecified atom stereocenters. The van der Waals surface area contributed by atoms with Crippen molar-refractivity contribution in [3.63, 3.8) is 0 Å². The maximum absolute atomic E-state index is 12.9.